The summed E-state index contributed by atoms with van der Waals surface area (Å²) in [5, 5.41) is 0.991. The molecule has 3 heterocycles. The largest absolute Gasteiger partial charge is 0.368 e. The molecule has 0 unspecified atom stereocenters. The number of hydrogen-bond donors (Lipinski definition) is 2. The third-order valence-corrected chi connectivity index (χ3v) is 4.74. The fourth-order valence-electron chi connectivity index (χ4n) is 3.36. The van der Waals surface area contributed by atoms with Gasteiger partial charge in [-0.3, -0.25) is 4.79 Å². The molecule has 3 N–H and O–H groups in total. The van der Waals surface area contributed by atoms with Crippen LogP contribution in [0, 0.1) is 0 Å². The molecule has 26 heavy (non-hydrogen) atoms. The Morgan fingerprint density at radius 3 is 2.46 bits per heavy atom. The van der Waals surface area contributed by atoms with E-state index < -0.39 is 5.91 Å². The smallest absolute Gasteiger partial charge is 0.241 e. The van der Waals surface area contributed by atoms with Gasteiger partial charge in [-0.1, -0.05) is 18.2 Å². The molecule has 1 fully saturated rings. The maximum absolute atomic E-state index is 11.0. The fraction of sp³-hybridized carbons (Fsp3) is 0.200. The van der Waals surface area contributed by atoms with Gasteiger partial charge in [0.25, 0.3) is 0 Å². The molecule has 0 atom stereocenters. The Morgan fingerprint density at radius 1 is 1.08 bits per heavy atom. The lowest BCUT2D eigenvalue weighted by Crippen LogP contribution is -2.46. The number of hydrogen-bond acceptors (Lipinski definition) is 4. The summed E-state index contributed by atoms with van der Waals surface area (Å²) in [7, 11) is 0. The van der Waals surface area contributed by atoms with Crippen molar-refractivity contribution in [2.24, 2.45) is 5.73 Å². The number of pyridine rings is 1. The predicted molar refractivity (Wildman–Crippen MR) is 105 cm³/mol. The molecular weight excluding hydrogens is 326 g/mol. The van der Waals surface area contributed by atoms with Gasteiger partial charge in [0.1, 0.15) is 5.65 Å². The number of piperazine rings is 1. The van der Waals surface area contributed by atoms with Crippen LogP contribution in [0.2, 0.25) is 0 Å². The number of carbonyl (C=O) groups is 1. The van der Waals surface area contributed by atoms with Gasteiger partial charge < -0.3 is 20.5 Å². The molecule has 6 nitrogen and oxygen atoms in total. The Hall–Kier alpha value is -3.28. The maximum atomic E-state index is 11.0. The van der Waals surface area contributed by atoms with Crippen LogP contribution >= 0.6 is 0 Å². The lowest BCUT2D eigenvalue weighted by molar-refractivity contribution is -0.113. The topological polar surface area (TPSA) is 78.2 Å². The number of primary amides is 1. The molecular formula is C20H21N5O. The molecule has 4 rings (SSSR count). The zero-order chi connectivity index (χ0) is 17.9. The average Bonchev–Trinajstić information content (AvgIpc) is 3.09. The molecule has 3 aromatic rings. The summed E-state index contributed by atoms with van der Waals surface area (Å²) in [6.45, 7) is 3.84. The summed E-state index contributed by atoms with van der Waals surface area (Å²) in [4.78, 5) is 23.4. The first-order valence-corrected chi connectivity index (χ1v) is 8.70. The van der Waals surface area contributed by atoms with Crippen molar-refractivity contribution in [3.63, 3.8) is 0 Å². The van der Waals surface area contributed by atoms with Crippen molar-refractivity contribution in [2.45, 2.75) is 0 Å². The van der Waals surface area contributed by atoms with E-state index in [4.69, 9.17) is 5.73 Å². The summed E-state index contributed by atoms with van der Waals surface area (Å²) < 4.78 is 0. The van der Waals surface area contributed by atoms with Crippen LogP contribution in [0.3, 0.4) is 0 Å². The summed E-state index contributed by atoms with van der Waals surface area (Å²) >= 11 is 0. The number of anilines is 2. The number of nitrogens with one attached hydrogen (secondary N) is 1. The number of H-pyrrole nitrogens is 1. The molecule has 2 aromatic heterocycles. The zero-order valence-corrected chi connectivity index (χ0v) is 14.4. The van der Waals surface area contributed by atoms with Crippen LogP contribution in [0.25, 0.3) is 17.1 Å². The maximum Gasteiger partial charge on any atom is 0.241 e. The molecule has 1 aromatic carbocycles. The SMILES string of the molecule is NC(=O)/C=C/c1c[nH]c2ncc(N3CCN(c4ccccc4)CC3)cc12. The summed E-state index contributed by atoms with van der Waals surface area (Å²) in [6.07, 6.45) is 6.83. The van der Waals surface area contributed by atoms with Crippen LogP contribution in [0.1, 0.15) is 5.56 Å². The van der Waals surface area contributed by atoms with Gasteiger partial charge in [0, 0.05) is 55.1 Å². The highest BCUT2D eigenvalue weighted by molar-refractivity contribution is 5.95. The first-order valence-electron chi connectivity index (χ1n) is 8.70. The minimum absolute atomic E-state index is 0.458. The number of aromatic nitrogens is 2. The van der Waals surface area contributed by atoms with E-state index in [1.807, 2.05) is 18.5 Å². The molecule has 132 valence electrons. The number of nitrogens with two attached hydrogens (primary N) is 1. The van der Waals surface area contributed by atoms with Crippen molar-refractivity contribution in [3.8, 4) is 0 Å². The minimum atomic E-state index is -0.458. The van der Waals surface area contributed by atoms with Crippen LogP contribution in [0.5, 0.6) is 0 Å². The van der Waals surface area contributed by atoms with Crippen molar-refractivity contribution in [3.05, 3.63) is 60.4 Å². The standard InChI is InChI=1S/C20H21N5O/c21-19(26)7-6-15-13-22-20-18(15)12-17(14-23-20)25-10-8-24(9-11-25)16-4-2-1-3-5-16/h1-7,12-14H,8-11H2,(H2,21,26)(H,22,23)/b7-6+. The number of carbonyl (C=O) groups excluding carboxylic acids is 1. The van der Waals surface area contributed by atoms with Gasteiger partial charge in [-0.2, -0.15) is 0 Å². The third-order valence-electron chi connectivity index (χ3n) is 4.74. The number of aromatic amines is 1. The molecule has 1 saturated heterocycles. The number of para-hydroxylation sites is 1. The molecule has 1 aliphatic rings. The van der Waals surface area contributed by atoms with E-state index in [0.717, 1.165) is 48.5 Å². The average molecular weight is 347 g/mol. The molecule has 0 radical (unpaired) electrons. The van der Waals surface area contributed by atoms with Crippen LogP contribution in [-0.2, 0) is 4.79 Å². The first-order chi connectivity index (χ1) is 12.7. The van der Waals surface area contributed by atoms with E-state index in [1.54, 1.807) is 6.08 Å². The highest BCUT2D eigenvalue weighted by Gasteiger charge is 2.18. The number of nitrogens with zero attached hydrogens (tertiary/aromatic N) is 3. The van der Waals surface area contributed by atoms with E-state index in [0.29, 0.717) is 0 Å². The van der Waals surface area contributed by atoms with Crippen molar-refractivity contribution >= 4 is 34.4 Å². The summed E-state index contributed by atoms with van der Waals surface area (Å²) in [6, 6.07) is 12.6. The quantitative estimate of drug-likeness (QED) is 0.711. The number of rotatable bonds is 4. The highest BCUT2D eigenvalue weighted by atomic mass is 16.1. The number of benzene rings is 1. The van der Waals surface area contributed by atoms with Gasteiger partial charge >= 0.3 is 0 Å². The van der Waals surface area contributed by atoms with Crippen molar-refractivity contribution in [2.75, 3.05) is 36.0 Å². The van der Waals surface area contributed by atoms with Gasteiger partial charge in [0.05, 0.1) is 11.9 Å². The predicted octanol–water partition coefficient (Wildman–Crippen LogP) is 2.39. The lowest BCUT2D eigenvalue weighted by Gasteiger charge is -2.37. The zero-order valence-electron chi connectivity index (χ0n) is 14.4. The molecule has 6 heteroatoms. The second kappa shape index (κ2) is 6.92. The molecule has 0 bridgehead atoms. The van der Waals surface area contributed by atoms with Crippen molar-refractivity contribution in [1.82, 2.24) is 9.97 Å². The lowest BCUT2D eigenvalue weighted by atomic mass is 10.1. The van der Waals surface area contributed by atoms with Gasteiger partial charge in [-0.15, -0.1) is 0 Å². The summed E-state index contributed by atoms with van der Waals surface area (Å²) in [5.41, 5.74) is 9.28. The van der Waals surface area contributed by atoms with E-state index in [1.165, 1.54) is 11.8 Å². The van der Waals surface area contributed by atoms with E-state index in [9.17, 15) is 4.79 Å². The molecule has 1 aliphatic heterocycles. The molecule has 1 amide bonds. The molecule has 0 spiro atoms. The third kappa shape index (κ3) is 3.26. The van der Waals surface area contributed by atoms with Crippen LogP contribution < -0.4 is 15.5 Å². The number of fused-ring (bicyclic) bond motifs is 1. The Bertz CT molecular complexity index is 939. The van der Waals surface area contributed by atoms with E-state index in [-0.39, 0.29) is 0 Å². The van der Waals surface area contributed by atoms with Crippen molar-refractivity contribution < 1.29 is 4.79 Å². The Morgan fingerprint density at radius 2 is 1.77 bits per heavy atom. The van der Waals surface area contributed by atoms with E-state index >= 15 is 0 Å². The molecule has 0 aliphatic carbocycles. The minimum Gasteiger partial charge on any atom is -0.368 e. The van der Waals surface area contributed by atoms with Gasteiger partial charge in [0.15, 0.2) is 0 Å². The Balaban J connectivity index is 1.52. The second-order valence-corrected chi connectivity index (χ2v) is 6.38. The Labute approximate surface area is 151 Å². The normalized spacial score (nSPS) is 15.1. The monoisotopic (exact) mass is 347 g/mol. The fourth-order valence-corrected chi connectivity index (χ4v) is 3.36. The second-order valence-electron chi connectivity index (χ2n) is 6.38. The van der Waals surface area contributed by atoms with Crippen LogP contribution in [-0.4, -0.2) is 42.1 Å². The Kier molecular flexibility index (Phi) is 4.31. The number of amides is 1. The van der Waals surface area contributed by atoms with E-state index in [2.05, 4.69) is 50.1 Å². The van der Waals surface area contributed by atoms with Crippen molar-refractivity contribution in [1.29, 1.82) is 0 Å². The van der Waals surface area contributed by atoms with Gasteiger partial charge in [-0.05, 0) is 24.3 Å². The van der Waals surface area contributed by atoms with Gasteiger partial charge in [-0.25, -0.2) is 4.98 Å². The van der Waals surface area contributed by atoms with Gasteiger partial charge in [0.2, 0.25) is 5.91 Å². The first kappa shape index (κ1) is 16.2. The molecule has 0 saturated carbocycles. The highest BCUT2D eigenvalue weighted by Crippen LogP contribution is 2.25. The van der Waals surface area contributed by atoms with Crippen LogP contribution in [0.4, 0.5) is 11.4 Å². The van der Waals surface area contributed by atoms with Crippen LogP contribution in [0.15, 0.2) is 54.9 Å². The summed E-state index contributed by atoms with van der Waals surface area (Å²) in [5.74, 6) is -0.458.